The van der Waals surface area contributed by atoms with Crippen LogP contribution >= 0.6 is 11.6 Å². The fraction of sp³-hybridized carbons (Fsp3) is 0.455. The maximum absolute atomic E-state index is 14.8. The molecular weight excluding hydrogens is 498 g/mol. The molecule has 0 bridgehead atoms. The van der Waals surface area contributed by atoms with Gasteiger partial charge in [-0.1, -0.05) is 16.8 Å². The lowest BCUT2D eigenvalue weighted by atomic mass is 9.81. The molecule has 1 saturated carbocycles. The number of ether oxygens (including phenoxy) is 1. The maximum Gasteiger partial charge on any atom is 0.431 e. The number of carbonyl (C=O) groups is 1. The molecule has 188 valence electrons. The van der Waals surface area contributed by atoms with Crippen LogP contribution in [-0.4, -0.2) is 33.4 Å². The highest BCUT2D eigenvalue weighted by Crippen LogP contribution is 2.48. The van der Waals surface area contributed by atoms with Gasteiger partial charge in [0, 0.05) is 30.4 Å². The number of nitrogens with zero attached hydrogens (tertiary/aromatic N) is 2. The van der Waals surface area contributed by atoms with Gasteiger partial charge >= 0.3 is 17.8 Å². The average Bonchev–Trinajstić information content (AvgIpc) is 3.32. The van der Waals surface area contributed by atoms with Crippen LogP contribution in [-0.2, 0) is 20.5 Å². The van der Waals surface area contributed by atoms with Gasteiger partial charge in [0.25, 0.3) is 5.56 Å². The first kappa shape index (κ1) is 25.0. The van der Waals surface area contributed by atoms with Crippen molar-refractivity contribution in [3.05, 3.63) is 61.1 Å². The standard InChI is InChI=1S/C22H20ClF4N3O5/c1-2-34-18(32)5-7-21-6-3-4-12(21)19(29-35-21)11-8-15(14(24)9-13(11)23)30-17(31)10-16(22(25,26)27)28-20(30)33/h8-10,12H,2-7H2,1H3,(H,28,33). The van der Waals surface area contributed by atoms with E-state index >= 15 is 0 Å². The van der Waals surface area contributed by atoms with Gasteiger partial charge in [-0.05, 0) is 38.3 Å². The maximum atomic E-state index is 14.8. The van der Waals surface area contributed by atoms with Crippen molar-refractivity contribution in [3.8, 4) is 5.69 Å². The number of benzene rings is 1. The van der Waals surface area contributed by atoms with Crippen molar-refractivity contribution in [1.82, 2.24) is 9.55 Å². The molecule has 13 heteroatoms. The highest BCUT2D eigenvalue weighted by molar-refractivity contribution is 6.34. The highest BCUT2D eigenvalue weighted by atomic mass is 35.5. The molecule has 1 aromatic carbocycles. The summed E-state index contributed by atoms with van der Waals surface area (Å²) in [6.07, 6.45) is -2.54. The van der Waals surface area contributed by atoms with Gasteiger partial charge in [-0.3, -0.25) is 9.59 Å². The Balaban J connectivity index is 1.72. The van der Waals surface area contributed by atoms with Crippen molar-refractivity contribution in [2.45, 2.75) is 50.8 Å². The Kier molecular flexibility index (Phi) is 6.52. The fourth-order valence-electron chi connectivity index (χ4n) is 4.65. The molecule has 4 rings (SSSR count). The molecule has 1 aliphatic carbocycles. The van der Waals surface area contributed by atoms with E-state index in [0.717, 1.165) is 18.6 Å². The number of alkyl halides is 3. The van der Waals surface area contributed by atoms with E-state index in [1.807, 2.05) is 0 Å². The molecule has 8 nitrogen and oxygen atoms in total. The third-order valence-electron chi connectivity index (χ3n) is 6.23. The van der Waals surface area contributed by atoms with Gasteiger partial charge in [0.2, 0.25) is 0 Å². The summed E-state index contributed by atoms with van der Waals surface area (Å²) in [5.74, 6) is -1.78. The lowest BCUT2D eigenvalue weighted by Crippen LogP contribution is -2.37. The second-order valence-electron chi connectivity index (χ2n) is 8.33. The number of rotatable bonds is 6. The topological polar surface area (TPSA) is 103 Å². The number of H-pyrrole nitrogens is 1. The summed E-state index contributed by atoms with van der Waals surface area (Å²) in [5.41, 5.74) is -5.26. The van der Waals surface area contributed by atoms with E-state index in [1.165, 1.54) is 0 Å². The molecule has 0 saturated heterocycles. The SMILES string of the molecule is CCOC(=O)CCC12CCCC1C(c1cc(-n3c(=O)cc(C(F)(F)F)[nH]c3=O)c(F)cc1Cl)=NO2. The number of hydrogen-bond donors (Lipinski definition) is 1. The van der Waals surface area contributed by atoms with Gasteiger partial charge in [0.15, 0.2) is 0 Å². The number of aromatic nitrogens is 2. The lowest BCUT2D eigenvalue weighted by molar-refractivity contribution is -0.145. The largest absolute Gasteiger partial charge is 0.466 e. The summed E-state index contributed by atoms with van der Waals surface area (Å²) in [5, 5.41) is 4.05. The van der Waals surface area contributed by atoms with Gasteiger partial charge in [0.1, 0.15) is 17.1 Å². The number of halogens is 5. The molecule has 2 atom stereocenters. The quantitative estimate of drug-likeness (QED) is 0.462. The molecular formula is C22H20ClF4N3O5. The van der Waals surface area contributed by atoms with E-state index < -0.39 is 40.2 Å². The van der Waals surface area contributed by atoms with Crippen LogP contribution in [0.25, 0.3) is 5.69 Å². The van der Waals surface area contributed by atoms with Crippen LogP contribution in [0.3, 0.4) is 0 Å². The Morgan fingerprint density at radius 3 is 2.74 bits per heavy atom. The summed E-state index contributed by atoms with van der Waals surface area (Å²) in [4.78, 5) is 43.9. The summed E-state index contributed by atoms with van der Waals surface area (Å²) in [7, 11) is 0. The molecule has 1 fully saturated rings. The normalized spacial score (nSPS) is 21.4. The molecule has 0 radical (unpaired) electrons. The minimum atomic E-state index is -4.97. The third kappa shape index (κ3) is 4.58. The predicted octanol–water partition coefficient (Wildman–Crippen LogP) is 3.95. The van der Waals surface area contributed by atoms with Crippen molar-refractivity contribution in [3.63, 3.8) is 0 Å². The number of carbonyl (C=O) groups excluding carboxylic acids is 1. The predicted molar refractivity (Wildman–Crippen MR) is 116 cm³/mol. The van der Waals surface area contributed by atoms with E-state index in [-0.39, 0.29) is 46.1 Å². The van der Waals surface area contributed by atoms with Crippen LogP contribution in [0.4, 0.5) is 17.6 Å². The smallest absolute Gasteiger partial charge is 0.431 e. The van der Waals surface area contributed by atoms with Crippen molar-refractivity contribution >= 4 is 23.3 Å². The van der Waals surface area contributed by atoms with Crippen molar-refractivity contribution in [2.24, 2.45) is 11.1 Å². The van der Waals surface area contributed by atoms with Crippen LogP contribution in [0.5, 0.6) is 0 Å². The summed E-state index contributed by atoms with van der Waals surface area (Å²) in [6.45, 7) is 1.94. The number of esters is 1. The molecule has 2 heterocycles. The first-order valence-corrected chi connectivity index (χ1v) is 11.2. The Morgan fingerprint density at radius 1 is 1.34 bits per heavy atom. The van der Waals surface area contributed by atoms with E-state index in [2.05, 4.69) is 5.16 Å². The zero-order chi connectivity index (χ0) is 25.5. The van der Waals surface area contributed by atoms with Crippen molar-refractivity contribution in [2.75, 3.05) is 6.61 Å². The van der Waals surface area contributed by atoms with Gasteiger partial charge in [0.05, 0.1) is 23.0 Å². The van der Waals surface area contributed by atoms with Crippen molar-refractivity contribution < 1.29 is 31.9 Å². The van der Waals surface area contributed by atoms with Gasteiger partial charge in [-0.2, -0.15) is 13.2 Å². The lowest BCUT2D eigenvalue weighted by Gasteiger charge is -2.26. The molecule has 2 aliphatic rings. The zero-order valence-corrected chi connectivity index (χ0v) is 19.1. The molecule has 1 aliphatic heterocycles. The van der Waals surface area contributed by atoms with Crippen molar-refractivity contribution in [1.29, 1.82) is 0 Å². The van der Waals surface area contributed by atoms with Crippen LogP contribution in [0.2, 0.25) is 5.02 Å². The zero-order valence-electron chi connectivity index (χ0n) is 18.4. The fourth-order valence-corrected chi connectivity index (χ4v) is 4.90. The minimum absolute atomic E-state index is 0.0851. The molecule has 1 aromatic heterocycles. The Bertz CT molecular complexity index is 1290. The first-order chi connectivity index (χ1) is 16.5. The Morgan fingerprint density at radius 2 is 2.09 bits per heavy atom. The number of fused-ring (bicyclic) bond motifs is 1. The summed E-state index contributed by atoms with van der Waals surface area (Å²) >= 11 is 6.27. The molecule has 0 amide bonds. The summed E-state index contributed by atoms with van der Waals surface area (Å²) < 4.78 is 58.8. The van der Waals surface area contributed by atoms with E-state index in [9.17, 15) is 31.9 Å². The van der Waals surface area contributed by atoms with Gasteiger partial charge in [-0.25, -0.2) is 13.8 Å². The highest BCUT2D eigenvalue weighted by Gasteiger charge is 2.52. The average molecular weight is 518 g/mol. The van der Waals surface area contributed by atoms with Gasteiger partial charge in [-0.15, -0.1) is 0 Å². The van der Waals surface area contributed by atoms with Crippen LogP contribution in [0.1, 0.15) is 50.3 Å². The third-order valence-corrected chi connectivity index (χ3v) is 6.55. The number of aromatic amines is 1. The van der Waals surface area contributed by atoms with E-state index in [0.29, 0.717) is 25.0 Å². The minimum Gasteiger partial charge on any atom is -0.466 e. The molecule has 35 heavy (non-hydrogen) atoms. The van der Waals surface area contributed by atoms with Crippen LogP contribution < -0.4 is 11.2 Å². The number of nitrogens with one attached hydrogen (secondary N) is 1. The summed E-state index contributed by atoms with van der Waals surface area (Å²) in [6, 6.07) is 2.11. The second kappa shape index (κ2) is 9.14. The molecule has 2 unspecified atom stereocenters. The monoisotopic (exact) mass is 517 g/mol. The molecule has 1 N–H and O–H groups in total. The second-order valence-corrected chi connectivity index (χ2v) is 8.73. The Labute approximate surface area is 200 Å². The van der Waals surface area contributed by atoms with Crippen LogP contribution in [0, 0.1) is 11.7 Å². The van der Waals surface area contributed by atoms with Crippen LogP contribution in [0.15, 0.2) is 32.9 Å². The molecule has 0 spiro atoms. The van der Waals surface area contributed by atoms with E-state index in [1.54, 1.807) is 11.9 Å². The molecule has 2 aromatic rings. The van der Waals surface area contributed by atoms with E-state index in [4.69, 9.17) is 21.2 Å². The number of oxime groups is 1. The number of hydrogen-bond acceptors (Lipinski definition) is 6. The first-order valence-electron chi connectivity index (χ1n) is 10.8. The Hall–Kier alpha value is -3.15. The van der Waals surface area contributed by atoms with Gasteiger partial charge < -0.3 is 14.6 Å².